The third-order valence-corrected chi connectivity index (χ3v) is 4.14. The molecule has 5 N–H and O–H groups in total. The molecule has 3 aromatic rings. The van der Waals surface area contributed by atoms with Gasteiger partial charge in [-0.1, -0.05) is 42.8 Å². The van der Waals surface area contributed by atoms with Crippen LogP contribution in [0.3, 0.4) is 0 Å². The third kappa shape index (κ3) is 4.33. The number of para-hydroxylation sites is 1. The van der Waals surface area contributed by atoms with Crippen molar-refractivity contribution >= 4 is 28.9 Å². The van der Waals surface area contributed by atoms with Gasteiger partial charge in [0.1, 0.15) is 12.0 Å². The van der Waals surface area contributed by atoms with Crippen LogP contribution in [0.15, 0.2) is 54.9 Å². The lowest BCUT2D eigenvalue weighted by molar-refractivity contribution is 0.0962. The van der Waals surface area contributed by atoms with E-state index < -0.39 is 0 Å². The summed E-state index contributed by atoms with van der Waals surface area (Å²) in [4.78, 5) is 20.5. The Labute approximate surface area is 158 Å². The van der Waals surface area contributed by atoms with E-state index in [1.54, 1.807) is 12.1 Å². The Hall–Kier alpha value is -3.61. The molecule has 27 heavy (non-hydrogen) atoms. The SMILES string of the molecule is CCc1ccccc1Nc1ncnc(NNC(=O)c2ccc(C)cc2)c1N. The number of nitrogen functional groups attached to an aromatic ring is 1. The highest BCUT2D eigenvalue weighted by Crippen LogP contribution is 2.27. The van der Waals surface area contributed by atoms with Crippen molar-refractivity contribution in [3.8, 4) is 0 Å². The maximum Gasteiger partial charge on any atom is 0.269 e. The normalized spacial score (nSPS) is 10.3. The minimum atomic E-state index is -0.279. The van der Waals surface area contributed by atoms with Gasteiger partial charge in [-0.2, -0.15) is 0 Å². The van der Waals surface area contributed by atoms with Gasteiger partial charge in [0, 0.05) is 11.3 Å². The van der Waals surface area contributed by atoms with Gasteiger partial charge in [0.05, 0.1) is 0 Å². The van der Waals surface area contributed by atoms with Crippen molar-refractivity contribution < 1.29 is 4.79 Å². The maximum absolute atomic E-state index is 12.2. The van der Waals surface area contributed by atoms with Crippen LogP contribution in [0.25, 0.3) is 0 Å². The van der Waals surface area contributed by atoms with Crippen molar-refractivity contribution in [1.82, 2.24) is 15.4 Å². The quantitative estimate of drug-likeness (QED) is 0.501. The zero-order valence-corrected chi connectivity index (χ0v) is 15.3. The van der Waals surface area contributed by atoms with E-state index in [2.05, 4.69) is 33.1 Å². The van der Waals surface area contributed by atoms with E-state index in [0.29, 0.717) is 22.9 Å². The second kappa shape index (κ2) is 8.18. The van der Waals surface area contributed by atoms with Gasteiger partial charge in [0.2, 0.25) is 0 Å². The monoisotopic (exact) mass is 362 g/mol. The minimum Gasteiger partial charge on any atom is -0.393 e. The van der Waals surface area contributed by atoms with Crippen molar-refractivity contribution in [3.05, 3.63) is 71.5 Å². The fraction of sp³-hybridized carbons (Fsp3) is 0.150. The smallest absolute Gasteiger partial charge is 0.269 e. The first kappa shape index (κ1) is 18.2. The number of anilines is 4. The number of hydrogen-bond acceptors (Lipinski definition) is 6. The third-order valence-electron chi connectivity index (χ3n) is 4.14. The van der Waals surface area contributed by atoms with Gasteiger partial charge in [-0.15, -0.1) is 0 Å². The molecule has 0 saturated heterocycles. The van der Waals surface area contributed by atoms with Crippen LogP contribution in [-0.4, -0.2) is 15.9 Å². The number of nitrogens with two attached hydrogens (primary N) is 1. The Morgan fingerprint density at radius 3 is 2.48 bits per heavy atom. The Bertz CT molecular complexity index is 939. The summed E-state index contributed by atoms with van der Waals surface area (Å²) in [6, 6.07) is 15.2. The van der Waals surface area contributed by atoms with E-state index in [9.17, 15) is 4.79 Å². The number of nitrogens with one attached hydrogen (secondary N) is 3. The van der Waals surface area contributed by atoms with Gasteiger partial charge in [-0.05, 0) is 37.1 Å². The highest BCUT2D eigenvalue weighted by molar-refractivity contribution is 5.95. The summed E-state index contributed by atoms with van der Waals surface area (Å²) in [5.41, 5.74) is 15.6. The first-order valence-corrected chi connectivity index (χ1v) is 8.67. The summed E-state index contributed by atoms with van der Waals surface area (Å²) in [7, 11) is 0. The molecule has 0 fully saturated rings. The average molecular weight is 362 g/mol. The molecule has 7 heteroatoms. The van der Waals surface area contributed by atoms with Gasteiger partial charge in [-0.3, -0.25) is 15.6 Å². The first-order chi connectivity index (χ1) is 13.1. The molecule has 0 bridgehead atoms. The van der Waals surface area contributed by atoms with Crippen LogP contribution >= 0.6 is 0 Å². The molecule has 0 unspecified atom stereocenters. The van der Waals surface area contributed by atoms with E-state index in [-0.39, 0.29) is 5.91 Å². The lowest BCUT2D eigenvalue weighted by atomic mass is 10.1. The second-order valence-electron chi connectivity index (χ2n) is 6.07. The molecule has 0 atom stereocenters. The maximum atomic E-state index is 12.2. The van der Waals surface area contributed by atoms with E-state index >= 15 is 0 Å². The summed E-state index contributed by atoms with van der Waals surface area (Å²) in [6.07, 6.45) is 2.26. The zero-order valence-electron chi connectivity index (χ0n) is 15.3. The number of aryl methyl sites for hydroxylation is 2. The average Bonchev–Trinajstić information content (AvgIpc) is 2.69. The highest BCUT2D eigenvalue weighted by Gasteiger charge is 2.11. The summed E-state index contributed by atoms with van der Waals surface area (Å²) in [5, 5.41) is 3.23. The van der Waals surface area contributed by atoms with E-state index in [1.807, 2.05) is 43.3 Å². The standard InChI is InChI=1S/C20H22N6O/c1-3-14-6-4-5-7-16(14)24-18-17(21)19(23-12-22-18)25-26-20(27)15-10-8-13(2)9-11-15/h4-12H,3,21H2,1-2H3,(H,26,27)(H2,22,23,24,25). The molecule has 2 aromatic carbocycles. The lowest BCUT2D eigenvalue weighted by Gasteiger charge is -2.14. The number of aromatic nitrogens is 2. The fourth-order valence-corrected chi connectivity index (χ4v) is 2.57. The molecular weight excluding hydrogens is 340 g/mol. The van der Waals surface area contributed by atoms with Gasteiger partial charge in [0.25, 0.3) is 5.91 Å². The van der Waals surface area contributed by atoms with E-state index in [4.69, 9.17) is 5.73 Å². The van der Waals surface area contributed by atoms with Crippen LogP contribution in [-0.2, 0) is 6.42 Å². The molecular formula is C20H22N6O. The van der Waals surface area contributed by atoms with E-state index in [0.717, 1.165) is 23.2 Å². The molecule has 0 saturated carbocycles. The summed E-state index contributed by atoms with van der Waals surface area (Å²) in [5.74, 6) is 0.513. The number of amides is 1. The minimum absolute atomic E-state index is 0.279. The summed E-state index contributed by atoms with van der Waals surface area (Å²) < 4.78 is 0. The molecule has 0 aliphatic carbocycles. The van der Waals surface area contributed by atoms with Crippen LogP contribution in [0, 0.1) is 6.92 Å². The Morgan fingerprint density at radius 1 is 1.04 bits per heavy atom. The molecule has 0 aliphatic rings. The molecule has 3 rings (SSSR count). The van der Waals surface area contributed by atoms with Crippen molar-refractivity contribution in [2.24, 2.45) is 0 Å². The van der Waals surface area contributed by atoms with Crippen molar-refractivity contribution in [2.75, 3.05) is 16.5 Å². The molecule has 1 heterocycles. The Morgan fingerprint density at radius 2 is 1.74 bits per heavy atom. The molecule has 138 valence electrons. The first-order valence-electron chi connectivity index (χ1n) is 8.67. The van der Waals surface area contributed by atoms with Crippen LogP contribution in [0.4, 0.5) is 23.0 Å². The molecule has 7 nitrogen and oxygen atoms in total. The largest absolute Gasteiger partial charge is 0.393 e. The summed E-state index contributed by atoms with van der Waals surface area (Å²) in [6.45, 7) is 4.05. The molecule has 0 aliphatic heterocycles. The number of hydrazine groups is 1. The van der Waals surface area contributed by atoms with Crippen LogP contribution in [0.5, 0.6) is 0 Å². The Balaban J connectivity index is 1.73. The predicted octanol–water partition coefficient (Wildman–Crippen LogP) is 3.43. The highest BCUT2D eigenvalue weighted by atomic mass is 16.2. The van der Waals surface area contributed by atoms with Gasteiger partial charge in [0.15, 0.2) is 11.6 Å². The van der Waals surface area contributed by atoms with Crippen LogP contribution < -0.4 is 21.9 Å². The second-order valence-corrected chi connectivity index (χ2v) is 6.07. The van der Waals surface area contributed by atoms with Gasteiger partial charge < -0.3 is 11.1 Å². The Kier molecular flexibility index (Phi) is 5.51. The fourth-order valence-electron chi connectivity index (χ4n) is 2.57. The molecule has 0 spiro atoms. The number of rotatable bonds is 6. The topological polar surface area (TPSA) is 105 Å². The number of nitrogens with zero attached hydrogens (tertiary/aromatic N) is 2. The molecule has 1 amide bonds. The summed E-state index contributed by atoms with van der Waals surface area (Å²) >= 11 is 0. The molecule has 0 radical (unpaired) electrons. The van der Waals surface area contributed by atoms with Gasteiger partial charge >= 0.3 is 0 Å². The van der Waals surface area contributed by atoms with Gasteiger partial charge in [-0.25, -0.2) is 9.97 Å². The lowest BCUT2D eigenvalue weighted by Crippen LogP contribution is -2.30. The number of benzene rings is 2. The van der Waals surface area contributed by atoms with E-state index in [1.165, 1.54) is 6.33 Å². The number of hydrogen-bond donors (Lipinski definition) is 4. The van der Waals surface area contributed by atoms with Crippen LogP contribution in [0.1, 0.15) is 28.4 Å². The number of carbonyl (C=O) groups excluding carboxylic acids is 1. The van der Waals surface area contributed by atoms with Crippen molar-refractivity contribution in [3.63, 3.8) is 0 Å². The zero-order chi connectivity index (χ0) is 19.2. The van der Waals surface area contributed by atoms with Crippen LogP contribution in [0.2, 0.25) is 0 Å². The van der Waals surface area contributed by atoms with Crippen molar-refractivity contribution in [1.29, 1.82) is 0 Å². The predicted molar refractivity (Wildman–Crippen MR) is 108 cm³/mol. The number of carbonyl (C=O) groups is 1. The molecule has 1 aromatic heterocycles. The van der Waals surface area contributed by atoms with Crippen molar-refractivity contribution in [2.45, 2.75) is 20.3 Å².